The smallest absolute Gasteiger partial charge is 0.232 e. The number of H-pyrrole nitrogens is 1. The molecule has 2 aromatic rings. The summed E-state index contributed by atoms with van der Waals surface area (Å²) in [5.41, 5.74) is 5.07. The summed E-state index contributed by atoms with van der Waals surface area (Å²) in [6, 6.07) is 6.70. The van der Waals surface area contributed by atoms with Crippen molar-refractivity contribution < 1.29 is 4.79 Å². The summed E-state index contributed by atoms with van der Waals surface area (Å²) in [5, 5.41) is 4.03. The van der Waals surface area contributed by atoms with E-state index in [4.69, 9.17) is 0 Å². The molecule has 0 unspecified atom stereocenters. The summed E-state index contributed by atoms with van der Waals surface area (Å²) in [5.74, 6) is -0.121. The van der Waals surface area contributed by atoms with Gasteiger partial charge >= 0.3 is 0 Å². The molecule has 0 saturated carbocycles. The number of aromatic nitrogens is 1. The first-order chi connectivity index (χ1) is 10.7. The Hall–Kier alpha value is -2.33. The van der Waals surface area contributed by atoms with Gasteiger partial charge in [0.1, 0.15) is 0 Å². The first-order valence-electron chi connectivity index (χ1n) is 7.61. The van der Waals surface area contributed by atoms with E-state index >= 15 is 0 Å². The van der Waals surface area contributed by atoms with Crippen molar-refractivity contribution in [2.24, 2.45) is 5.92 Å². The Labute approximate surface area is 129 Å². The molecule has 0 saturated heterocycles. The van der Waals surface area contributed by atoms with Crippen molar-refractivity contribution in [3.63, 3.8) is 0 Å². The maximum Gasteiger partial charge on any atom is 0.232 e. The predicted octanol–water partition coefficient (Wildman–Crippen LogP) is 2.30. The molecular weight excluding hydrogens is 274 g/mol. The topological polar surface area (TPSA) is 48.1 Å². The average Bonchev–Trinajstić information content (AvgIpc) is 2.93. The molecule has 4 rings (SSSR count). The van der Waals surface area contributed by atoms with Crippen molar-refractivity contribution in [1.82, 2.24) is 15.2 Å². The number of hydrogen-bond donors (Lipinski definition) is 2. The van der Waals surface area contributed by atoms with Gasteiger partial charge in [0.25, 0.3) is 0 Å². The fraction of sp³-hybridized carbons (Fsp3) is 0.278. The summed E-state index contributed by atoms with van der Waals surface area (Å²) in [6.07, 6.45) is 6.72. The van der Waals surface area contributed by atoms with Gasteiger partial charge in [0.2, 0.25) is 5.91 Å². The van der Waals surface area contributed by atoms with Crippen LogP contribution >= 0.6 is 0 Å². The molecule has 0 radical (unpaired) electrons. The molecule has 2 atom stereocenters. The highest BCUT2D eigenvalue weighted by molar-refractivity contribution is 5.99. The van der Waals surface area contributed by atoms with Crippen LogP contribution in [0.5, 0.6) is 0 Å². The molecule has 0 spiro atoms. The van der Waals surface area contributed by atoms with Crippen LogP contribution < -0.4 is 5.32 Å². The maximum absolute atomic E-state index is 12.2. The second-order valence-corrected chi connectivity index (χ2v) is 6.14. The highest BCUT2D eigenvalue weighted by atomic mass is 16.1. The van der Waals surface area contributed by atoms with Crippen molar-refractivity contribution in [1.29, 1.82) is 0 Å². The third kappa shape index (κ3) is 1.84. The molecule has 2 heterocycles. The minimum absolute atomic E-state index is 0.0137. The lowest BCUT2D eigenvalue weighted by atomic mass is 9.80. The van der Waals surface area contributed by atoms with Crippen LogP contribution in [-0.4, -0.2) is 35.4 Å². The van der Waals surface area contributed by atoms with E-state index in [2.05, 4.69) is 59.3 Å². The summed E-state index contributed by atoms with van der Waals surface area (Å²) in [7, 11) is 2.10. The highest BCUT2D eigenvalue weighted by Crippen LogP contribution is 2.40. The standard InChI is InChI=1S/C18H19N3O/c1-3-19-18(22)12-7-14-13-5-4-6-15-17(13)11(9-20-15)8-16(14)21(2)10-12/h3-7,9,12,16,20H,1,8,10H2,2H3,(H,19,22)/t12-,16-/m1/s1. The zero-order valence-electron chi connectivity index (χ0n) is 12.6. The minimum Gasteiger partial charge on any atom is -0.361 e. The molecule has 1 amide bonds. The number of benzene rings is 1. The maximum atomic E-state index is 12.2. The Bertz CT molecular complexity index is 802. The van der Waals surface area contributed by atoms with Crippen LogP contribution in [0.1, 0.15) is 11.1 Å². The van der Waals surface area contributed by atoms with Gasteiger partial charge in [-0.15, -0.1) is 0 Å². The Balaban J connectivity index is 1.86. The van der Waals surface area contributed by atoms with Crippen molar-refractivity contribution in [2.45, 2.75) is 12.5 Å². The summed E-state index contributed by atoms with van der Waals surface area (Å²) in [4.78, 5) is 17.8. The molecule has 2 aliphatic rings. The van der Waals surface area contributed by atoms with Gasteiger partial charge in [0, 0.05) is 29.7 Å². The fourth-order valence-corrected chi connectivity index (χ4v) is 3.82. The molecule has 4 nitrogen and oxygen atoms in total. The molecule has 1 aromatic heterocycles. The number of hydrogen-bond acceptors (Lipinski definition) is 2. The first kappa shape index (κ1) is 13.3. The van der Waals surface area contributed by atoms with Crippen LogP contribution in [0.3, 0.4) is 0 Å². The van der Waals surface area contributed by atoms with E-state index in [9.17, 15) is 4.79 Å². The number of likely N-dealkylation sites (N-methyl/N-ethyl adjacent to an activating group) is 1. The molecule has 1 aromatic carbocycles. The lowest BCUT2D eigenvalue weighted by Gasteiger charge is -2.39. The van der Waals surface area contributed by atoms with Gasteiger partial charge in [0.05, 0.1) is 5.92 Å². The molecule has 22 heavy (non-hydrogen) atoms. The van der Waals surface area contributed by atoms with Crippen molar-refractivity contribution in [3.05, 3.63) is 54.4 Å². The number of nitrogens with one attached hydrogen (secondary N) is 2. The Morgan fingerprint density at radius 1 is 1.50 bits per heavy atom. The number of carbonyl (C=O) groups is 1. The monoisotopic (exact) mass is 293 g/mol. The number of nitrogens with zero attached hydrogens (tertiary/aromatic N) is 1. The third-order valence-electron chi connectivity index (χ3n) is 4.85. The SMILES string of the molecule is C=CNC(=O)[C@@H]1C=C2c3cccc4[nH]cc(c34)C[C@H]2N(C)C1. The molecule has 0 bridgehead atoms. The zero-order chi connectivity index (χ0) is 15.3. The third-order valence-corrected chi connectivity index (χ3v) is 4.85. The Kier molecular flexibility index (Phi) is 2.94. The quantitative estimate of drug-likeness (QED) is 0.892. The highest BCUT2D eigenvalue weighted by Gasteiger charge is 2.35. The van der Waals surface area contributed by atoms with Gasteiger partial charge in [-0.25, -0.2) is 0 Å². The van der Waals surface area contributed by atoms with Crippen LogP contribution in [0.15, 0.2) is 43.3 Å². The molecule has 1 aliphatic carbocycles. The van der Waals surface area contributed by atoms with Crippen LogP contribution in [0.25, 0.3) is 16.5 Å². The lowest BCUT2D eigenvalue weighted by molar-refractivity contribution is -0.123. The lowest BCUT2D eigenvalue weighted by Crippen LogP contribution is -2.45. The second-order valence-electron chi connectivity index (χ2n) is 6.14. The Morgan fingerprint density at radius 2 is 2.36 bits per heavy atom. The number of fused-ring (bicyclic) bond motifs is 2. The van der Waals surface area contributed by atoms with E-state index in [1.54, 1.807) is 0 Å². The first-order valence-corrected chi connectivity index (χ1v) is 7.61. The van der Waals surface area contributed by atoms with Gasteiger partial charge in [-0.2, -0.15) is 0 Å². The van der Waals surface area contributed by atoms with Crippen LogP contribution in [0, 0.1) is 5.92 Å². The predicted molar refractivity (Wildman–Crippen MR) is 88.2 cm³/mol. The van der Waals surface area contributed by atoms with Gasteiger partial charge < -0.3 is 10.3 Å². The number of aromatic amines is 1. The number of rotatable bonds is 2. The van der Waals surface area contributed by atoms with E-state index in [0.29, 0.717) is 6.04 Å². The van der Waals surface area contributed by atoms with Crippen molar-refractivity contribution in [3.8, 4) is 0 Å². The largest absolute Gasteiger partial charge is 0.361 e. The molecule has 112 valence electrons. The van der Waals surface area contributed by atoms with Gasteiger partial charge in [0.15, 0.2) is 0 Å². The summed E-state index contributed by atoms with van der Waals surface area (Å²) < 4.78 is 0. The van der Waals surface area contributed by atoms with Gasteiger partial charge in [-0.05, 0) is 42.4 Å². The number of carbonyl (C=O) groups excluding carboxylic acids is 1. The van der Waals surface area contributed by atoms with Gasteiger partial charge in [-0.1, -0.05) is 24.8 Å². The van der Waals surface area contributed by atoms with E-state index in [1.807, 2.05) is 0 Å². The van der Waals surface area contributed by atoms with E-state index < -0.39 is 0 Å². The molecular formula is C18H19N3O. The Morgan fingerprint density at radius 3 is 3.18 bits per heavy atom. The van der Waals surface area contributed by atoms with Crippen molar-refractivity contribution >= 4 is 22.4 Å². The molecule has 1 aliphatic heterocycles. The normalized spacial score (nSPS) is 23.8. The molecule has 0 fully saturated rings. The average molecular weight is 293 g/mol. The van der Waals surface area contributed by atoms with Crippen LogP contribution in [0.4, 0.5) is 0 Å². The fourth-order valence-electron chi connectivity index (χ4n) is 3.82. The second kappa shape index (κ2) is 4.85. The minimum atomic E-state index is -0.134. The summed E-state index contributed by atoms with van der Waals surface area (Å²) >= 11 is 0. The van der Waals surface area contributed by atoms with E-state index in [-0.39, 0.29) is 11.8 Å². The molecule has 4 heteroatoms. The van der Waals surface area contributed by atoms with Gasteiger partial charge in [-0.3, -0.25) is 9.69 Å². The molecule has 2 N–H and O–H groups in total. The van der Waals surface area contributed by atoms with Crippen LogP contribution in [-0.2, 0) is 11.2 Å². The van der Waals surface area contributed by atoms with E-state index in [0.717, 1.165) is 13.0 Å². The zero-order valence-corrected chi connectivity index (χ0v) is 12.6. The number of amides is 1. The van der Waals surface area contributed by atoms with E-state index in [1.165, 1.54) is 33.8 Å². The summed E-state index contributed by atoms with van der Waals surface area (Å²) in [6.45, 7) is 4.32. The van der Waals surface area contributed by atoms with Crippen LogP contribution in [0.2, 0.25) is 0 Å². The van der Waals surface area contributed by atoms with Crippen molar-refractivity contribution in [2.75, 3.05) is 13.6 Å².